The molecule has 108 valence electrons. The van der Waals surface area contributed by atoms with Crippen LogP contribution in [0.5, 0.6) is 0 Å². The van der Waals surface area contributed by atoms with Gasteiger partial charge in [-0.05, 0) is 44.4 Å². The molecule has 1 aliphatic rings. The van der Waals surface area contributed by atoms with Crippen molar-refractivity contribution in [2.75, 3.05) is 6.61 Å². The van der Waals surface area contributed by atoms with Crippen LogP contribution < -0.4 is 5.32 Å². The Bertz CT molecular complexity index is 508. The number of hydrogen-bond donors (Lipinski definition) is 1. The van der Waals surface area contributed by atoms with E-state index in [1.165, 1.54) is 12.1 Å². The highest BCUT2D eigenvalue weighted by molar-refractivity contribution is 5.94. The third-order valence-corrected chi connectivity index (χ3v) is 3.57. The van der Waals surface area contributed by atoms with Gasteiger partial charge in [0, 0.05) is 0 Å². The molecule has 0 bridgehead atoms. The van der Waals surface area contributed by atoms with Crippen molar-refractivity contribution in [3.05, 3.63) is 35.6 Å². The summed E-state index contributed by atoms with van der Waals surface area (Å²) in [5, 5.41) is 2.67. The summed E-state index contributed by atoms with van der Waals surface area (Å²) in [5.41, 5.74) is 0.168. The van der Waals surface area contributed by atoms with Crippen LogP contribution >= 0.6 is 0 Å². The molecule has 1 aromatic carbocycles. The minimum Gasteiger partial charge on any atom is -0.464 e. The maximum atomic E-state index is 12.9. The Hall–Kier alpha value is -1.91. The van der Waals surface area contributed by atoms with Crippen LogP contribution in [0, 0.1) is 5.82 Å². The fourth-order valence-electron chi connectivity index (χ4n) is 2.20. The molecule has 5 heteroatoms. The van der Waals surface area contributed by atoms with E-state index < -0.39 is 17.4 Å². The predicted octanol–water partition coefficient (Wildman–Crippen LogP) is 1.93. The quantitative estimate of drug-likeness (QED) is 0.838. The molecular formula is C15H18FNO3. The van der Waals surface area contributed by atoms with Crippen molar-refractivity contribution < 1.29 is 18.7 Å². The molecule has 1 unspecified atom stereocenters. The Balaban J connectivity index is 2.05. The van der Waals surface area contributed by atoms with Crippen molar-refractivity contribution >= 4 is 11.9 Å². The molecular weight excluding hydrogens is 261 g/mol. The Morgan fingerprint density at radius 1 is 1.35 bits per heavy atom. The van der Waals surface area contributed by atoms with Crippen LogP contribution in [-0.2, 0) is 19.7 Å². The molecule has 0 heterocycles. The Kier molecular flexibility index (Phi) is 4.06. The molecule has 0 saturated heterocycles. The monoisotopic (exact) mass is 279 g/mol. The van der Waals surface area contributed by atoms with E-state index in [-0.39, 0.29) is 18.3 Å². The average molecular weight is 279 g/mol. The summed E-state index contributed by atoms with van der Waals surface area (Å²) in [7, 11) is 0. The molecule has 0 aliphatic heterocycles. The number of halogens is 1. The lowest BCUT2D eigenvalue weighted by atomic mass is 9.94. The number of rotatable bonds is 5. The molecule has 1 atom stereocenters. The van der Waals surface area contributed by atoms with Gasteiger partial charge in [0.25, 0.3) is 0 Å². The zero-order valence-electron chi connectivity index (χ0n) is 11.6. The van der Waals surface area contributed by atoms with E-state index in [4.69, 9.17) is 4.74 Å². The number of nitrogens with one attached hydrogen (secondary N) is 1. The summed E-state index contributed by atoms with van der Waals surface area (Å²) in [6.45, 7) is 3.59. The minimum atomic E-state index is -0.680. The van der Waals surface area contributed by atoms with Gasteiger partial charge < -0.3 is 10.1 Å². The SMILES string of the molecule is CCOC(=O)C(C)NC(=O)C1(c2ccc(F)cc2)CC1. The standard InChI is InChI=1S/C15H18FNO3/c1-3-20-13(18)10(2)17-14(19)15(8-9-15)11-4-6-12(16)7-5-11/h4-7,10H,3,8-9H2,1-2H3,(H,17,19). The number of esters is 1. The van der Waals surface area contributed by atoms with Gasteiger partial charge in [0.05, 0.1) is 12.0 Å². The van der Waals surface area contributed by atoms with Gasteiger partial charge in [0.1, 0.15) is 11.9 Å². The van der Waals surface area contributed by atoms with Crippen molar-refractivity contribution in [1.82, 2.24) is 5.32 Å². The number of carbonyl (C=O) groups excluding carboxylic acids is 2. The summed E-state index contributed by atoms with van der Waals surface area (Å²) in [5.74, 6) is -0.981. The van der Waals surface area contributed by atoms with Gasteiger partial charge in [-0.1, -0.05) is 12.1 Å². The van der Waals surface area contributed by atoms with Gasteiger partial charge >= 0.3 is 5.97 Å². The van der Waals surface area contributed by atoms with Crippen LogP contribution in [0.25, 0.3) is 0 Å². The fraction of sp³-hybridized carbons (Fsp3) is 0.467. The number of benzene rings is 1. The lowest BCUT2D eigenvalue weighted by molar-refractivity contribution is -0.147. The van der Waals surface area contributed by atoms with Crippen LogP contribution in [-0.4, -0.2) is 24.5 Å². The molecule has 4 nitrogen and oxygen atoms in total. The Morgan fingerprint density at radius 3 is 2.45 bits per heavy atom. The smallest absolute Gasteiger partial charge is 0.328 e. The van der Waals surface area contributed by atoms with Gasteiger partial charge in [-0.15, -0.1) is 0 Å². The summed E-state index contributed by atoms with van der Waals surface area (Å²) in [6, 6.07) is 5.25. The Morgan fingerprint density at radius 2 is 1.95 bits per heavy atom. The lowest BCUT2D eigenvalue weighted by Crippen LogP contribution is -2.44. The number of hydrogen-bond acceptors (Lipinski definition) is 3. The van der Waals surface area contributed by atoms with Crippen LogP contribution in [0.1, 0.15) is 32.3 Å². The van der Waals surface area contributed by atoms with E-state index in [1.54, 1.807) is 26.0 Å². The highest BCUT2D eigenvalue weighted by Crippen LogP contribution is 2.48. The zero-order chi connectivity index (χ0) is 14.8. The summed E-state index contributed by atoms with van der Waals surface area (Å²) in [4.78, 5) is 23.8. The van der Waals surface area contributed by atoms with E-state index in [1.807, 2.05) is 0 Å². The number of carbonyl (C=O) groups is 2. The molecule has 0 radical (unpaired) electrons. The maximum Gasteiger partial charge on any atom is 0.328 e. The van der Waals surface area contributed by atoms with Crippen molar-refractivity contribution in [1.29, 1.82) is 0 Å². The van der Waals surface area contributed by atoms with Crippen LogP contribution in [0.2, 0.25) is 0 Å². The molecule has 1 aromatic rings. The van der Waals surface area contributed by atoms with E-state index >= 15 is 0 Å². The van der Waals surface area contributed by atoms with Crippen molar-refractivity contribution in [3.8, 4) is 0 Å². The third kappa shape index (κ3) is 2.81. The van der Waals surface area contributed by atoms with E-state index in [2.05, 4.69) is 5.32 Å². The highest BCUT2D eigenvalue weighted by Gasteiger charge is 2.51. The van der Waals surface area contributed by atoms with Gasteiger partial charge in [-0.2, -0.15) is 0 Å². The molecule has 20 heavy (non-hydrogen) atoms. The molecule has 1 fully saturated rings. The summed E-state index contributed by atoms with van der Waals surface area (Å²) < 4.78 is 17.8. The molecule has 2 rings (SSSR count). The third-order valence-electron chi connectivity index (χ3n) is 3.57. The lowest BCUT2D eigenvalue weighted by Gasteiger charge is -2.19. The second kappa shape index (κ2) is 5.61. The maximum absolute atomic E-state index is 12.9. The molecule has 1 amide bonds. The summed E-state index contributed by atoms with van der Waals surface area (Å²) >= 11 is 0. The highest BCUT2D eigenvalue weighted by atomic mass is 19.1. The first-order chi connectivity index (χ1) is 9.49. The van der Waals surface area contributed by atoms with Gasteiger partial charge in [0.15, 0.2) is 0 Å². The second-order valence-corrected chi connectivity index (χ2v) is 5.04. The van der Waals surface area contributed by atoms with Crippen LogP contribution in [0.15, 0.2) is 24.3 Å². The molecule has 0 spiro atoms. The van der Waals surface area contributed by atoms with Crippen LogP contribution in [0.3, 0.4) is 0 Å². The Labute approximate surface area is 117 Å². The van der Waals surface area contributed by atoms with E-state index in [0.717, 1.165) is 5.56 Å². The number of ether oxygens (including phenoxy) is 1. The summed E-state index contributed by atoms with van der Waals surface area (Å²) in [6.07, 6.45) is 1.42. The van der Waals surface area contributed by atoms with Crippen molar-refractivity contribution in [2.45, 2.75) is 38.1 Å². The predicted molar refractivity (Wildman–Crippen MR) is 71.5 cm³/mol. The average Bonchev–Trinajstić information content (AvgIpc) is 3.21. The van der Waals surface area contributed by atoms with E-state index in [9.17, 15) is 14.0 Å². The molecule has 1 saturated carbocycles. The van der Waals surface area contributed by atoms with E-state index in [0.29, 0.717) is 12.8 Å². The fourth-order valence-corrected chi connectivity index (χ4v) is 2.20. The van der Waals surface area contributed by atoms with Gasteiger partial charge in [-0.25, -0.2) is 9.18 Å². The topological polar surface area (TPSA) is 55.4 Å². The molecule has 0 aromatic heterocycles. The molecule has 1 aliphatic carbocycles. The molecule has 1 N–H and O–H groups in total. The van der Waals surface area contributed by atoms with Gasteiger partial charge in [0.2, 0.25) is 5.91 Å². The normalized spacial score (nSPS) is 17.1. The first-order valence-corrected chi connectivity index (χ1v) is 6.73. The zero-order valence-corrected chi connectivity index (χ0v) is 11.6. The largest absolute Gasteiger partial charge is 0.464 e. The van der Waals surface area contributed by atoms with Crippen LogP contribution in [0.4, 0.5) is 4.39 Å². The number of amides is 1. The minimum absolute atomic E-state index is 0.204. The first kappa shape index (κ1) is 14.5. The van der Waals surface area contributed by atoms with Gasteiger partial charge in [-0.3, -0.25) is 4.79 Å². The first-order valence-electron chi connectivity index (χ1n) is 6.73. The van der Waals surface area contributed by atoms with Crippen molar-refractivity contribution in [2.24, 2.45) is 0 Å². The van der Waals surface area contributed by atoms with Crippen molar-refractivity contribution in [3.63, 3.8) is 0 Å². The second-order valence-electron chi connectivity index (χ2n) is 5.04.